The molecule has 4 fully saturated rings. The van der Waals surface area contributed by atoms with Gasteiger partial charge in [0.25, 0.3) is 0 Å². The van der Waals surface area contributed by atoms with E-state index >= 15 is 4.39 Å². The van der Waals surface area contributed by atoms with Crippen LogP contribution in [-0.4, -0.2) is 116 Å². The number of carbonyl (C=O) groups is 1. The first kappa shape index (κ1) is 30.4. The number of amides is 1. The van der Waals surface area contributed by atoms with E-state index in [0.29, 0.717) is 43.7 Å². The summed E-state index contributed by atoms with van der Waals surface area (Å²) in [7, 11) is 0. The molecule has 6 rings (SSSR count). The van der Waals surface area contributed by atoms with Gasteiger partial charge < -0.3 is 15.5 Å². The van der Waals surface area contributed by atoms with Crippen LogP contribution in [0.25, 0.3) is 0 Å². The normalized spacial score (nSPS) is 36.1. The summed E-state index contributed by atoms with van der Waals surface area (Å²) in [6.45, 7) is 3.38. The molecule has 7 atom stereocenters. The van der Waals surface area contributed by atoms with Gasteiger partial charge in [0.2, 0.25) is 5.91 Å². The number of rotatable bonds is 8. The number of aliphatic imine (C=N–C) groups is 4. The fraction of sp³-hybridized carbons (Fsp3) is 0.828. The number of nitrogens with zero attached hydrogens (tertiary/aromatic N) is 6. The molecule has 2 aliphatic carbocycles. The number of piperazine rings is 1. The van der Waals surface area contributed by atoms with Crippen LogP contribution in [0.1, 0.15) is 57.8 Å². The minimum Gasteiger partial charge on any atom is -0.352 e. The van der Waals surface area contributed by atoms with Crippen molar-refractivity contribution in [2.75, 3.05) is 39.3 Å². The second kappa shape index (κ2) is 13.2. The lowest BCUT2D eigenvalue weighted by Crippen LogP contribution is -2.50. The Kier molecular flexibility index (Phi) is 9.32. The van der Waals surface area contributed by atoms with Crippen LogP contribution in [-0.2, 0) is 4.79 Å². The lowest BCUT2D eigenvalue weighted by Gasteiger charge is -2.37. The predicted molar refractivity (Wildman–Crippen MR) is 157 cm³/mol. The van der Waals surface area contributed by atoms with Crippen molar-refractivity contribution < 1.29 is 22.4 Å². The number of guanidine groups is 1. The van der Waals surface area contributed by atoms with Gasteiger partial charge in [0, 0.05) is 63.5 Å². The number of carbonyl (C=O) groups excluding carboxylic acids is 1. The summed E-state index contributed by atoms with van der Waals surface area (Å²) in [5, 5.41) is 10.4. The number of fused-ring (bicyclic) bond motifs is 1. The third-order valence-corrected chi connectivity index (χ3v) is 9.88. The number of hydrogen-bond acceptors (Lipinski definition) is 7. The van der Waals surface area contributed by atoms with Crippen molar-refractivity contribution in [2.45, 2.75) is 94.6 Å². The molecule has 43 heavy (non-hydrogen) atoms. The maximum absolute atomic E-state index is 15.5. The molecule has 2 saturated heterocycles. The lowest BCUT2D eigenvalue weighted by molar-refractivity contribution is -0.162. The fourth-order valence-electron chi connectivity index (χ4n) is 7.19. The molecule has 10 nitrogen and oxygen atoms in total. The van der Waals surface area contributed by atoms with Gasteiger partial charge in [-0.2, -0.15) is 13.2 Å². The van der Waals surface area contributed by atoms with E-state index in [9.17, 15) is 18.0 Å². The second-order valence-corrected chi connectivity index (χ2v) is 13.0. The van der Waals surface area contributed by atoms with Gasteiger partial charge in [0.15, 0.2) is 12.1 Å². The van der Waals surface area contributed by atoms with E-state index in [-0.39, 0.29) is 24.2 Å². The minimum atomic E-state index is -4.47. The van der Waals surface area contributed by atoms with Gasteiger partial charge in [0.1, 0.15) is 25.1 Å². The van der Waals surface area contributed by atoms with Gasteiger partial charge in [0.05, 0.1) is 5.71 Å². The Hall–Kier alpha value is -2.61. The summed E-state index contributed by atoms with van der Waals surface area (Å²) in [6.07, 6.45) is 3.46. The number of nitrogens with one attached hydrogen (secondary N) is 3. The Labute approximate surface area is 249 Å². The fourth-order valence-corrected chi connectivity index (χ4v) is 7.19. The van der Waals surface area contributed by atoms with Crippen LogP contribution in [0, 0.1) is 17.8 Å². The number of halogens is 4. The third kappa shape index (κ3) is 7.73. The highest BCUT2D eigenvalue weighted by Crippen LogP contribution is 2.32. The van der Waals surface area contributed by atoms with Gasteiger partial charge in [-0.1, -0.05) is 6.42 Å². The van der Waals surface area contributed by atoms with E-state index in [1.807, 2.05) is 6.21 Å². The van der Waals surface area contributed by atoms with Crippen LogP contribution in [0.2, 0.25) is 0 Å². The van der Waals surface area contributed by atoms with Crippen molar-refractivity contribution >= 4 is 30.1 Å². The van der Waals surface area contributed by atoms with E-state index in [0.717, 1.165) is 51.2 Å². The average Bonchev–Trinajstić information content (AvgIpc) is 3.34. The van der Waals surface area contributed by atoms with E-state index < -0.39 is 30.8 Å². The molecule has 4 aliphatic heterocycles. The first-order valence-electron chi connectivity index (χ1n) is 15.9. The summed E-state index contributed by atoms with van der Waals surface area (Å²) in [4.78, 5) is 33.6. The molecule has 3 N–H and O–H groups in total. The van der Waals surface area contributed by atoms with Gasteiger partial charge in [-0.05, 0) is 56.8 Å². The van der Waals surface area contributed by atoms with E-state index in [4.69, 9.17) is 4.99 Å². The van der Waals surface area contributed by atoms with Crippen LogP contribution < -0.4 is 16.0 Å². The maximum Gasteiger partial charge on any atom is 0.397 e. The largest absolute Gasteiger partial charge is 0.397 e. The monoisotopic (exact) mass is 609 g/mol. The molecule has 4 heterocycles. The summed E-state index contributed by atoms with van der Waals surface area (Å²) in [5.41, 5.74) is 0.608. The Morgan fingerprint density at radius 3 is 2.56 bits per heavy atom. The van der Waals surface area contributed by atoms with Crippen LogP contribution in [0.4, 0.5) is 17.6 Å². The number of hydrogen-bond donors (Lipinski definition) is 3. The van der Waals surface area contributed by atoms with Crippen molar-refractivity contribution in [3.05, 3.63) is 0 Å². The molecule has 7 unspecified atom stereocenters. The highest BCUT2D eigenvalue weighted by atomic mass is 19.4. The van der Waals surface area contributed by atoms with Gasteiger partial charge in [-0.15, -0.1) is 0 Å². The first-order valence-corrected chi connectivity index (χ1v) is 15.9. The molecule has 2 saturated carbocycles. The zero-order valence-electron chi connectivity index (χ0n) is 24.5. The molecule has 14 heteroatoms. The summed E-state index contributed by atoms with van der Waals surface area (Å²) >= 11 is 0. The molecule has 0 aromatic carbocycles. The summed E-state index contributed by atoms with van der Waals surface area (Å²) in [5.74, 6) is 0.917. The smallest absolute Gasteiger partial charge is 0.352 e. The molecule has 0 aromatic heterocycles. The van der Waals surface area contributed by atoms with Gasteiger partial charge in [-0.25, -0.2) is 14.4 Å². The van der Waals surface area contributed by atoms with Crippen molar-refractivity contribution in [3.8, 4) is 0 Å². The molecule has 0 radical (unpaired) electrons. The Balaban J connectivity index is 0.958. The summed E-state index contributed by atoms with van der Waals surface area (Å²) < 4.78 is 53.2. The van der Waals surface area contributed by atoms with Crippen LogP contribution in [0.3, 0.4) is 0 Å². The van der Waals surface area contributed by atoms with Crippen molar-refractivity contribution in [1.29, 1.82) is 0 Å². The Morgan fingerprint density at radius 1 is 1.02 bits per heavy atom. The lowest BCUT2D eigenvalue weighted by atomic mass is 9.79. The molecule has 0 bridgehead atoms. The molecule has 6 aliphatic rings. The van der Waals surface area contributed by atoms with E-state index in [1.54, 1.807) is 0 Å². The minimum absolute atomic E-state index is 0.0611. The molecule has 1 amide bonds. The van der Waals surface area contributed by atoms with Gasteiger partial charge >= 0.3 is 6.18 Å². The van der Waals surface area contributed by atoms with E-state index in [2.05, 4.69) is 35.8 Å². The maximum atomic E-state index is 15.5. The van der Waals surface area contributed by atoms with Crippen molar-refractivity contribution in [1.82, 2.24) is 25.8 Å². The first-order chi connectivity index (χ1) is 20.7. The number of alkyl halides is 4. The van der Waals surface area contributed by atoms with Crippen molar-refractivity contribution in [2.24, 2.45) is 37.7 Å². The van der Waals surface area contributed by atoms with Crippen LogP contribution in [0.5, 0.6) is 0 Å². The quantitative estimate of drug-likeness (QED) is 0.367. The highest BCUT2D eigenvalue weighted by molar-refractivity contribution is 5.98. The third-order valence-electron chi connectivity index (χ3n) is 9.88. The SMILES string of the molecule is O=C(CC(F)(F)F)N1CCN(CC2CC=NC(N=C3NC4CCC(C5=NC=NC(NCC6CCC6)C5F)CC4N3)C2)CC1. The van der Waals surface area contributed by atoms with Crippen molar-refractivity contribution in [3.63, 3.8) is 0 Å². The van der Waals surface area contributed by atoms with Crippen LogP contribution in [0.15, 0.2) is 20.0 Å². The van der Waals surface area contributed by atoms with Crippen LogP contribution >= 0.6 is 0 Å². The molecule has 0 spiro atoms. The van der Waals surface area contributed by atoms with E-state index in [1.165, 1.54) is 30.5 Å². The highest BCUT2D eigenvalue weighted by Gasteiger charge is 2.42. The zero-order chi connectivity index (χ0) is 30.0. The predicted octanol–water partition coefficient (Wildman–Crippen LogP) is 2.51. The standard InChI is InChI=1S/C29H43F4N9O/c30-25-26(36-17-37-27(25)35-15-18-2-1-3-18)20-4-5-21-22(13-20)39-28(38-21)40-23-12-19(6-7-34-23)16-41-8-10-42(11-9-41)24(43)14-29(31,32)33/h7,17-23,25,27,35H,1-6,8-16H2,(H2,38,39,40). The second-order valence-electron chi connectivity index (χ2n) is 13.0. The topological polar surface area (TPSA) is 109 Å². The Bertz CT molecular complexity index is 1120. The molecular formula is C29H43F4N9O. The molecule has 0 aromatic rings. The molecule has 238 valence electrons. The molecular weight excluding hydrogens is 566 g/mol. The zero-order valence-corrected chi connectivity index (χ0v) is 24.5. The Morgan fingerprint density at radius 2 is 1.81 bits per heavy atom. The van der Waals surface area contributed by atoms with Gasteiger partial charge in [-0.3, -0.25) is 25.0 Å². The summed E-state index contributed by atoms with van der Waals surface area (Å²) in [6, 6.07) is 0.380. The average molecular weight is 610 g/mol.